The van der Waals surface area contributed by atoms with Crippen LogP contribution in [0.3, 0.4) is 0 Å². The van der Waals surface area contributed by atoms with Crippen LogP contribution in [0.4, 0.5) is 0 Å². The second kappa shape index (κ2) is 6.71. The van der Waals surface area contributed by atoms with Crippen LogP contribution in [-0.4, -0.2) is 19.5 Å². The van der Waals surface area contributed by atoms with Crippen LogP contribution in [0.15, 0.2) is 40.1 Å². The van der Waals surface area contributed by atoms with Gasteiger partial charge in [0.2, 0.25) is 15.7 Å². The second-order valence-electron chi connectivity index (χ2n) is 5.82. The lowest BCUT2D eigenvalue weighted by molar-refractivity contribution is 0.202. The number of rotatable bonds is 5. The fourth-order valence-corrected chi connectivity index (χ4v) is 4.22. The lowest BCUT2D eigenvalue weighted by Gasteiger charge is -2.18. The van der Waals surface area contributed by atoms with E-state index in [1.54, 1.807) is 38.1 Å². The van der Waals surface area contributed by atoms with Crippen LogP contribution in [0.2, 0.25) is 0 Å². The van der Waals surface area contributed by atoms with E-state index in [9.17, 15) is 8.42 Å². The molecule has 0 saturated heterocycles. The van der Waals surface area contributed by atoms with Crippen molar-refractivity contribution in [2.24, 2.45) is 0 Å². The average molecular weight is 333 g/mol. The molecule has 1 heterocycles. The summed E-state index contributed by atoms with van der Waals surface area (Å²) in [6.07, 6.45) is 0.674. The van der Waals surface area contributed by atoms with E-state index < -0.39 is 9.84 Å². The summed E-state index contributed by atoms with van der Waals surface area (Å²) in [4.78, 5) is 4.80. The molecule has 4 nitrogen and oxygen atoms in total. The Morgan fingerprint density at radius 1 is 1.13 bits per heavy atom. The van der Waals surface area contributed by atoms with Crippen LogP contribution in [0.5, 0.6) is 5.88 Å². The van der Waals surface area contributed by atoms with Gasteiger partial charge in [0.25, 0.3) is 0 Å². The molecule has 0 spiro atoms. The predicted molar refractivity (Wildman–Crippen MR) is 90.7 cm³/mol. The molecule has 5 heteroatoms. The van der Waals surface area contributed by atoms with Gasteiger partial charge in [-0.25, -0.2) is 13.4 Å². The predicted octanol–water partition coefficient (Wildman–Crippen LogP) is 4.02. The number of nitrogens with zero attached hydrogens (tertiary/aromatic N) is 1. The molecule has 2 aromatic rings. The molecule has 0 unspecified atom stereocenters. The van der Waals surface area contributed by atoms with Crippen molar-refractivity contribution in [3.8, 4) is 5.88 Å². The summed E-state index contributed by atoms with van der Waals surface area (Å²) in [7, 11) is -3.69. The zero-order chi connectivity index (χ0) is 17.2. The van der Waals surface area contributed by atoms with Crippen LogP contribution in [-0.2, 0) is 9.84 Å². The van der Waals surface area contributed by atoms with Gasteiger partial charge < -0.3 is 4.74 Å². The van der Waals surface area contributed by atoms with Crippen LogP contribution >= 0.6 is 0 Å². The minimum atomic E-state index is -3.69. The molecule has 124 valence electrons. The van der Waals surface area contributed by atoms with Gasteiger partial charge >= 0.3 is 0 Å². The molecule has 0 N–H and O–H groups in total. The van der Waals surface area contributed by atoms with Crippen molar-refractivity contribution in [2.75, 3.05) is 0 Å². The molecular formula is C18H23NO3S. The lowest BCUT2D eigenvalue weighted by Crippen LogP contribution is -2.16. The van der Waals surface area contributed by atoms with E-state index in [2.05, 4.69) is 4.98 Å². The Morgan fingerprint density at radius 2 is 1.78 bits per heavy atom. The third-order valence-corrected chi connectivity index (χ3v) is 5.87. The van der Waals surface area contributed by atoms with Crippen molar-refractivity contribution in [1.82, 2.24) is 4.98 Å². The Morgan fingerprint density at radius 3 is 2.39 bits per heavy atom. The fourth-order valence-electron chi connectivity index (χ4n) is 2.44. The van der Waals surface area contributed by atoms with E-state index in [4.69, 9.17) is 4.74 Å². The molecule has 1 aromatic carbocycles. The summed E-state index contributed by atoms with van der Waals surface area (Å²) >= 11 is 0. The maximum absolute atomic E-state index is 13.2. The van der Waals surface area contributed by atoms with E-state index in [0.717, 1.165) is 12.1 Å². The van der Waals surface area contributed by atoms with Crippen LogP contribution in [0.1, 0.15) is 37.1 Å². The first-order chi connectivity index (χ1) is 10.8. The molecule has 2 rings (SSSR count). The van der Waals surface area contributed by atoms with Crippen LogP contribution < -0.4 is 4.74 Å². The SMILES string of the molecule is CC[C@@H](C)Oc1nc(C)cc(C)c1S(=O)(=O)c1ccccc1C. The minimum Gasteiger partial charge on any atom is -0.474 e. The van der Waals surface area contributed by atoms with E-state index in [1.807, 2.05) is 26.8 Å². The van der Waals surface area contributed by atoms with Crippen molar-refractivity contribution in [2.45, 2.75) is 56.9 Å². The molecule has 0 amide bonds. The molecule has 0 radical (unpaired) electrons. The van der Waals surface area contributed by atoms with E-state index in [-0.39, 0.29) is 16.9 Å². The topological polar surface area (TPSA) is 56.3 Å². The van der Waals surface area contributed by atoms with E-state index in [1.165, 1.54) is 0 Å². The number of sulfone groups is 1. The smallest absolute Gasteiger partial charge is 0.233 e. The van der Waals surface area contributed by atoms with Crippen molar-refractivity contribution in [1.29, 1.82) is 0 Å². The van der Waals surface area contributed by atoms with Gasteiger partial charge in [-0.1, -0.05) is 25.1 Å². The summed E-state index contributed by atoms with van der Waals surface area (Å²) in [5, 5.41) is 0. The monoisotopic (exact) mass is 333 g/mol. The summed E-state index contributed by atoms with van der Waals surface area (Å²) < 4.78 is 32.1. The normalized spacial score (nSPS) is 12.9. The van der Waals surface area contributed by atoms with Gasteiger partial charge in [-0.3, -0.25) is 0 Å². The highest BCUT2D eigenvalue weighted by molar-refractivity contribution is 7.91. The first-order valence-electron chi connectivity index (χ1n) is 7.73. The zero-order valence-electron chi connectivity index (χ0n) is 14.3. The van der Waals surface area contributed by atoms with Crippen molar-refractivity contribution in [3.05, 3.63) is 47.2 Å². The van der Waals surface area contributed by atoms with Crippen molar-refractivity contribution >= 4 is 9.84 Å². The Kier molecular flexibility index (Phi) is 5.09. The van der Waals surface area contributed by atoms with Crippen LogP contribution in [0.25, 0.3) is 0 Å². The maximum Gasteiger partial charge on any atom is 0.233 e. The molecule has 0 fully saturated rings. The van der Waals surface area contributed by atoms with Gasteiger partial charge in [0.1, 0.15) is 4.90 Å². The summed E-state index contributed by atoms with van der Waals surface area (Å²) in [5.41, 5.74) is 2.10. The summed E-state index contributed by atoms with van der Waals surface area (Å²) in [6, 6.07) is 8.74. The van der Waals surface area contributed by atoms with Gasteiger partial charge in [-0.05, 0) is 57.4 Å². The van der Waals surface area contributed by atoms with Gasteiger partial charge in [0.05, 0.1) is 11.0 Å². The zero-order valence-corrected chi connectivity index (χ0v) is 15.1. The Labute approximate surface area is 138 Å². The molecule has 0 saturated carbocycles. The van der Waals surface area contributed by atoms with Gasteiger partial charge in [-0.15, -0.1) is 0 Å². The average Bonchev–Trinajstić information content (AvgIpc) is 2.46. The van der Waals surface area contributed by atoms with Crippen molar-refractivity contribution < 1.29 is 13.2 Å². The van der Waals surface area contributed by atoms with Gasteiger partial charge in [0.15, 0.2) is 0 Å². The minimum absolute atomic E-state index is 0.102. The lowest BCUT2D eigenvalue weighted by atomic mass is 10.2. The second-order valence-corrected chi connectivity index (χ2v) is 7.68. The number of aryl methyl sites for hydroxylation is 3. The highest BCUT2D eigenvalue weighted by Gasteiger charge is 2.28. The quantitative estimate of drug-likeness (QED) is 0.829. The highest BCUT2D eigenvalue weighted by atomic mass is 32.2. The molecule has 0 bridgehead atoms. The Hall–Kier alpha value is -1.88. The van der Waals surface area contributed by atoms with E-state index in [0.29, 0.717) is 16.0 Å². The Balaban J connectivity index is 2.69. The largest absolute Gasteiger partial charge is 0.474 e. The first kappa shape index (κ1) is 17.5. The highest BCUT2D eigenvalue weighted by Crippen LogP contribution is 2.33. The van der Waals surface area contributed by atoms with Crippen LogP contribution in [0, 0.1) is 20.8 Å². The molecule has 0 aliphatic heterocycles. The molecule has 0 aliphatic carbocycles. The number of hydrogen-bond acceptors (Lipinski definition) is 4. The third-order valence-electron chi connectivity index (χ3n) is 3.80. The standard InChI is InChI=1S/C18H23NO3S/c1-6-15(5)22-18-17(13(3)11-14(4)19-18)23(20,21)16-10-8-7-9-12(16)2/h7-11,15H,6H2,1-5H3/t15-/m1/s1. The van der Waals surface area contributed by atoms with Gasteiger partial charge in [0, 0.05) is 5.69 Å². The first-order valence-corrected chi connectivity index (χ1v) is 9.21. The summed E-state index contributed by atoms with van der Waals surface area (Å²) in [5.74, 6) is 0.195. The molecule has 1 atom stereocenters. The Bertz CT molecular complexity index is 813. The van der Waals surface area contributed by atoms with Crippen molar-refractivity contribution in [3.63, 3.8) is 0 Å². The number of benzene rings is 1. The molecular weight excluding hydrogens is 310 g/mol. The third kappa shape index (κ3) is 3.55. The van der Waals surface area contributed by atoms with Gasteiger partial charge in [-0.2, -0.15) is 0 Å². The summed E-state index contributed by atoms with van der Waals surface area (Å²) in [6.45, 7) is 9.30. The maximum atomic E-state index is 13.2. The van der Waals surface area contributed by atoms with E-state index >= 15 is 0 Å². The number of ether oxygens (including phenoxy) is 1. The number of pyridine rings is 1. The fraction of sp³-hybridized carbons (Fsp3) is 0.389. The molecule has 23 heavy (non-hydrogen) atoms. The molecule has 1 aromatic heterocycles. The number of aromatic nitrogens is 1. The molecule has 0 aliphatic rings. The number of hydrogen-bond donors (Lipinski definition) is 0.